The maximum Gasteiger partial charge on any atom is 0.254 e. The van der Waals surface area contributed by atoms with Gasteiger partial charge in [0.25, 0.3) is 5.91 Å². The molecule has 0 atom stereocenters. The topological polar surface area (TPSA) is 69.6 Å². The first kappa shape index (κ1) is 12.4. The van der Waals surface area contributed by atoms with Crippen molar-refractivity contribution in [2.24, 2.45) is 0 Å². The van der Waals surface area contributed by atoms with Gasteiger partial charge in [0, 0.05) is 6.07 Å². The highest BCUT2D eigenvalue weighted by Crippen LogP contribution is 2.15. The third-order valence-corrected chi connectivity index (χ3v) is 2.04. The molecule has 88 valence electrons. The molecule has 4 nitrogen and oxygen atoms in total. The minimum absolute atomic E-state index is 0.167. The first-order valence-corrected chi connectivity index (χ1v) is 4.77. The van der Waals surface area contributed by atoms with Gasteiger partial charge in [-0.1, -0.05) is 0 Å². The molecule has 0 aliphatic heterocycles. The summed E-state index contributed by atoms with van der Waals surface area (Å²) in [5, 5.41) is 20.4. The maximum absolute atomic E-state index is 13.3. The van der Waals surface area contributed by atoms with Crippen molar-refractivity contribution in [3.63, 3.8) is 0 Å². The molecule has 0 aliphatic carbocycles. The Hall–Kier alpha value is -1.62. The number of hydrogen-bond acceptors (Lipinski definition) is 3. The standard InChI is InChI=1S/C11H14FNO3/c1-11(2,6-14)13-10(16)8-4-3-7(15)5-9(8)12/h3-5,14-15H,6H2,1-2H3,(H,13,16). The van der Waals surface area contributed by atoms with Gasteiger partial charge in [0.2, 0.25) is 0 Å². The van der Waals surface area contributed by atoms with Crippen LogP contribution in [-0.4, -0.2) is 28.3 Å². The zero-order valence-electron chi connectivity index (χ0n) is 9.12. The molecule has 0 radical (unpaired) electrons. The summed E-state index contributed by atoms with van der Waals surface area (Å²) in [5.74, 6) is -1.67. The van der Waals surface area contributed by atoms with Gasteiger partial charge in [-0.3, -0.25) is 4.79 Å². The van der Waals surface area contributed by atoms with E-state index >= 15 is 0 Å². The highest BCUT2D eigenvalue weighted by molar-refractivity contribution is 5.95. The summed E-state index contributed by atoms with van der Waals surface area (Å²) in [4.78, 5) is 11.6. The summed E-state index contributed by atoms with van der Waals surface area (Å²) in [5.41, 5.74) is -0.985. The van der Waals surface area contributed by atoms with Crippen molar-refractivity contribution in [3.05, 3.63) is 29.6 Å². The molecule has 0 aromatic heterocycles. The first-order valence-electron chi connectivity index (χ1n) is 4.77. The van der Waals surface area contributed by atoms with E-state index < -0.39 is 17.3 Å². The molecule has 1 aromatic rings. The van der Waals surface area contributed by atoms with E-state index in [9.17, 15) is 9.18 Å². The van der Waals surface area contributed by atoms with Crippen LogP contribution in [0, 0.1) is 5.82 Å². The van der Waals surface area contributed by atoms with Gasteiger partial charge in [-0.05, 0) is 26.0 Å². The zero-order chi connectivity index (χ0) is 12.3. The normalized spacial score (nSPS) is 11.2. The van der Waals surface area contributed by atoms with Crippen molar-refractivity contribution < 1.29 is 19.4 Å². The van der Waals surface area contributed by atoms with Gasteiger partial charge in [0.1, 0.15) is 11.6 Å². The predicted octanol–water partition coefficient (Wildman–Crippen LogP) is 1.03. The Bertz CT molecular complexity index is 404. The number of rotatable bonds is 3. The van der Waals surface area contributed by atoms with Crippen LogP contribution < -0.4 is 5.32 Å². The van der Waals surface area contributed by atoms with E-state index in [1.165, 1.54) is 12.1 Å². The molecule has 0 spiro atoms. The number of carbonyl (C=O) groups is 1. The van der Waals surface area contributed by atoms with Crippen molar-refractivity contribution in [3.8, 4) is 5.75 Å². The Balaban J connectivity index is 2.89. The molecular formula is C11H14FNO3. The van der Waals surface area contributed by atoms with Crippen LogP contribution in [0.1, 0.15) is 24.2 Å². The molecule has 0 unspecified atom stereocenters. The highest BCUT2D eigenvalue weighted by atomic mass is 19.1. The van der Waals surface area contributed by atoms with Gasteiger partial charge >= 0.3 is 0 Å². The molecule has 0 fully saturated rings. The first-order chi connectivity index (χ1) is 7.35. The Morgan fingerprint density at radius 1 is 1.50 bits per heavy atom. The summed E-state index contributed by atoms with van der Waals surface area (Å²) in [6, 6.07) is 3.28. The lowest BCUT2D eigenvalue weighted by Gasteiger charge is -2.23. The quantitative estimate of drug-likeness (QED) is 0.722. The van der Waals surface area contributed by atoms with Gasteiger partial charge < -0.3 is 15.5 Å². The molecule has 1 amide bonds. The monoisotopic (exact) mass is 227 g/mol. The van der Waals surface area contributed by atoms with Crippen LogP contribution in [0.3, 0.4) is 0 Å². The molecule has 3 N–H and O–H groups in total. The minimum Gasteiger partial charge on any atom is -0.508 e. The van der Waals surface area contributed by atoms with Gasteiger partial charge in [0.15, 0.2) is 0 Å². The van der Waals surface area contributed by atoms with Crippen molar-refractivity contribution in [1.29, 1.82) is 0 Å². The SMILES string of the molecule is CC(C)(CO)NC(=O)c1ccc(O)cc1F. The number of nitrogens with one attached hydrogen (secondary N) is 1. The van der Waals surface area contributed by atoms with Crippen LogP contribution in [0.4, 0.5) is 4.39 Å². The van der Waals surface area contributed by atoms with Crippen molar-refractivity contribution in [2.45, 2.75) is 19.4 Å². The number of benzene rings is 1. The molecule has 5 heteroatoms. The highest BCUT2D eigenvalue weighted by Gasteiger charge is 2.21. The number of phenols is 1. The van der Waals surface area contributed by atoms with Crippen LogP contribution in [0.25, 0.3) is 0 Å². The molecule has 0 bridgehead atoms. The van der Waals surface area contributed by atoms with E-state index in [-0.39, 0.29) is 17.9 Å². The number of hydrogen-bond donors (Lipinski definition) is 3. The number of amides is 1. The summed E-state index contributed by atoms with van der Waals surface area (Å²) in [6.07, 6.45) is 0. The molecular weight excluding hydrogens is 213 g/mol. The molecule has 0 saturated heterocycles. The number of aliphatic hydroxyl groups is 1. The van der Waals surface area contributed by atoms with Gasteiger partial charge in [-0.15, -0.1) is 0 Å². The average molecular weight is 227 g/mol. The summed E-state index contributed by atoms with van der Waals surface area (Å²) in [6.45, 7) is 2.98. The second-order valence-electron chi connectivity index (χ2n) is 4.16. The molecule has 0 aliphatic rings. The van der Waals surface area contributed by atoms with Crippen LogP contribution in [0.2, 0.25) is 0 Å². The van der Waals surface area contributed by atoms with Crippen LogP contribution in [0.15, 0.2) is 18.2 Å². The fourth-order valence-electron chi connectivity index (χ4n) is 1.10. The second kappa shape index (κ2) is 4.49. The van der Waals surface area contributed by atoms with E-state index in [1.54, 1.807) is 13.8 Å². The Labute approximate surface area is 92.7 Å². The number of aliphatic hydroxyl groups excluding tert-OH is 1. The summed E-state index contributed by atoms with van der Waals surface area (Å²) < 4.78 is 13.3. The molecule has 1 aromatic carbocycles. The third kappa shape index (κ3) is 2.93. The third-order valence-electron chi connectivity index (χ3n) is 2.04. The smallest absolute Gasteiger partial charge is 0.254 e. The summed E-state index contributed by atoms with van der Waals surface area (Å²) in [7, 11) is 0. The Morgan fingerprint density at radius 3 is 2.62 bits per heavy atom. The van der Waals surface area contributed by atoms with E-state index in [4.69, 9.17) is 10.2 Å². The van der Waals surface area contributed by atoms with Crippen LogP contribution >= 0.6 is 0 Å². The average Bonchev–Trinajstić information content (AvgIpc) is 2.16. The van der Waals surface area contributed by atoms with Crippen molar-refractivity contribution in [1.82, 2.24) is 5.32 Å². The fourth-order valence-corrected chi connectivity index (χ4v) is 1.10. The molecule has 0 heterocycles. The molecule has 0 saturated carbocycles. The van der Waals surface area contributed by atoms with E-state index in [1.807, 2.05) is 0 Å². The van der Waals surface area contributed by atoms with Crippen LogP contribution in [-0.2, 0) is 0 Å². The lowest BCUT2D eigenvalue weighted by atomic mass is 10.1. The molecule has 1 rings (SSSR count). The maximum atomic E-state index is 13.3. The van der Waals surface area contributed by atoms with Gasteiger partial charge in [-0.25, -0.2) is 4.39 Å². The number of halogens is 1. The van der Waals surface area contributed by atoms with E-state index in [0.29, 0.717) is 0 Å². The lowest BCUT2D eigenvalue weighted by molar-refractivity contribution is 0.0865. The number of aromatic hydroxyl groups is 1. The minimum atomic E-state index is -0.818. The Kier molecular flexibility index (Phi) is 3.49. The fraction of sp³-hybridized carbons (Fsp3) is 0.364. The lowest BCUT2D eigenvalue weighted by Crippen LogP contribution is -2.46. The van der Waals surface area contributed by atoms with Crippen molar-refractivity contribution >= 4 is 5.91 Å². The largest absolute Gasteiger partial charge is 0.508 e. The van der Waals surface area contributed by atoms with Gasteiger partial charge in [0.05, 0.1) is 17.7 Å². The van der Waals surface area contributed by atoms with Crippen LogP contribution in [0.5, 0.6) is 5.75 Å². The number of phenolic OH excluding ortho intramolecular Hbond substituents is 1. The van der Waals surface area contributed by atoms with E-state index in [2.05, 4.69) is 5.32 Å². The summed E-state index contributed by atoms with van der Waals surface area (Å²) >= 11 is 0. The van der Waals surface area contributed by atoms with E-state index in [0.717, 1.165) is 6.07 Å². The predicted molar refractivity (Wildman–Crippen MR) is 56.7 cm³/mol. The van der Waals surface area contributed by atoms with Gasteiger partial charge in [-0.2, -0.15) is 0 Å². The van der Waals surface area contributed by atoms with Crippen molar-refractivity contribution in [2.75, 3.05) is 6.61 Å². The molecule has 16 heavy (non-hydrogen) atoms. The zero-order valence-corrected chi connectivity index (χ0v) is 9.12. The number of carbonyl (C=O) groups excluding carboxylic acids is 1. The second-order valence-corrected chi connectivity index (χ2v) is 4.16. The Morgan fingerprint density at radius 2 is 2.12 bits per heavy atom.